The summed E-state index contributed by atoms with van der Waals surface area (Å²) in [6.45, 7) is 5.69. The van der Waals surface area contributed by atoms with Gasteiger partial charge in [-0.15, -0.1) is 0 Å². The highest BCUT2D eigenvalue weighted by Gasteiger charge is 2.11. The Morgan fingerprint density at radius 2 is 2.13 bits per heavy atom. The molecule has 15 heavy (non-hydrogen) atoms. The van der Waals surface area contributed by atoms with E-state index in [-0.39, 0.29) is 0 Å². The van der Waals surface area contributed by atoms with Crippen molar-refractivity contribution in [2.75, 3.05) is 13.2 Å². The van der Waals surface area contributed by atoms with Crippen molar-refractivity contribution in [2.24, 2.45) is 17.6 Å². The van der Waals surface area contributed by atoms with E-state index in [0.29, 0.717) is 25.0 Å². The van der Waals surface area contributed by atoms with E-state index in [2.05, 4.69) is 29.8 Å². The van der Waals surface area contributed by atoms with Crippen LogP contribution in [0.15, 0.2) is 28.7 Å². The van der Waals surface area contributed by atoms with E-state index >= 15 is 0 Å². The molecule has 0 aromatic heterocycles. The molecule has 1 rings (SSSR count). The van der Waals surface area contributed by atoms with E-state index in [4.69, 9.17) is 10.5 Å². The number of rotatable bonds is 5. The van der Waals surface area contributed by atoms with E-state index < -0.39 is 0 Å². The summed E-state index contributed by atoms with van der Waals surface area (Å²) in [4.78, 5) is 0. The van der Waals surface area contributed by atoms with E-state index in [9.17, 15) is 0 Å². The van der Waals surface area contributed by atoms with Crippen LogP contribution in [0.25, 0.3) is 0 Å². The quantitative estimate of drug-likeness (QED) is 0.894. The zero-order valence-electron chi connectivity index (χ0n) is 9.24. The molecule has 0 heterocycles. The molecular weight excluding hydrogens is 254 g/mol. The summed E-state index contributed by atoms with van der Waals surface area (Å²) < 4.78 is 6.73. The first-order chi connectivity index (χ1) is 7.13. The van der Waals surface area contributed by atoms with Crippen molar-refractivity contribution in [3.8, 4) is 5.75 Å². The molecule has 0 aliphatic rings. The number of nitrogens with two attached hydrogens (primary N) is 1. The number of halogens is 1. The summed E-state index contributed by atoms with van der Waals surface area (Å²) in [6.07, 6.45) is 0. The highest BCUT2D eigenvalue weighted by atomic mass is 79.9. The number of hydrogen-bond acceptors (Lipinski definition) is 2. The van der Waals surface area contributed by atoms with Crippen molar-refractivity contribution in [2.45, 2.75) is 13.8 Å². The molecule has 0 aliphatic heterocycles. The first kappa shape index (κ1) is 12.5. The summed E-state index contributed by atoms with van der Waals surface area (Å²) >= 11 is 3.41. The van der Waals surface area contributed by atoms with E-state index in [1.807, 2.05) is 24.3 Å². The zero-order chi connectivity index (χ0) is 11.3. The minimum Gasteiger partial charge on any atom is -0.493 e. The molecule has 1 aromatic rings. The second kappa shape index (κ2) is 6.13. The van der Waals surface area contributed by atoms with Crippen LogP contribution in [0.1, 0.15) is 13.8 Å². The third kappa shape index (κ3) is 4.22. The average molecular weight is 272 g/mol. The highest BCUT2D eigenvalue weighted by molar-refractivity contribution is 9.10. The molecule has 84 valence electrons. The van der Waals surface area contributed by atoms with Gasteiger partial charge < -0.3 is 10.5 Å². The maximum atomic E-state index is 5.69. The van der Waals surface area contributed by atoms with Gasteiger partial charge in [-0.2, -0.15) is 0 Å². The summed E-state index contributed by atoms with van der Waals surface area (Å²) in [5.74, 6) is 1.87. The van der Waals surface area contributed by atoms with Gasteiger partial charge in [-0.25, -0.2) is 0 Å². The molecule has 2 nitrogen and oxygen atoms in total. The maximum Gasteiger partial charge on any atom is 0.120 e. The van der Waals surface area contributed by atoms with Crippen LogP contribution in [0.5, 0.6) is 5.75 Å². The average Bonchev–Trinajstić information content (AvgIpc) is 2.18. The van der Waals surface area contributed by atoms with Gasteiger partial charge in [0.2, 0.25) is 0 Å². The molecule has 0 fully saturated rings. The van der Waals surface area contributed by atoms with Crippen molar-refractivity contribution in [1.82, 2.24) is 0 Å². The molecule has 1 atom stereocenters. The maximum absolute atomic E-state index is 5.69. The van der Waals surface area contributed by atoms with Crippen molar-refractivity contribution < 1.29 is 4.74 Å². The second-order valence-corrected chi connectivity index (χ2v) is 4.92. The third-order valence-corrected chi connectivity index (χ3v) is 3.00. The Balaban J connectivity index is 2.49. The lowest BCUT2D eigenvalue weighted by Crippen LogP contribution is -2.26. The van der Waals surface area contributed by atoms with Crippen LogP contribution in [-0.4, -0.2) is 13.2 Å². The second-order valence-electron chi connectivity index (χ2n) is 4.01. The van der Waals surface area contributed by atoms with E-state index in [1.165, 1.54) is 0 Å². The zero-order valence-corrected chi connectivity index (χ0v) is 10.8. The molecule has 0 aliphatic carbocycles. The third-order valence-electron chi connectivity index (χ3n) is 2.51. The fraction of sp³-hybridized carbons (Fsp3) is 0.500. The van der Waals surface area contributed by atoms with Crippen molar-refractivity contribution >= 4 is 15.9 Å². The molecule has 3 heteroatoms. The van der Waals surface area contributed by atoms with Crippen LogP contribution in [-0.2, 0) is 0 Å². The monoisotopic (exact) mass is 271 g/mol. The molecule has 1 unspecified atom stereocenters. The minimum atomic E-state index is 0.420. The minimum absolute atomic E-state index is 0.420. The Kier molecular flexibility index (Phi) is 5.12. The molecule has 0 bridgehead atoms. The highest BCUT2D eigenvalue weighted by Crippen LogP contribution is 2.19. The largest absolute Gasteiger partial charge is 0.493 e. The molecule has 0 radical (unpaired) electrons. The predicted molar refractivity (Wildman–Crippen MR) is 67.0 cm³/mol. The van der Waals surface area contributed by atoms with Gasteiger partial charge in [0.05, 0.1) is 6.61 Å². The Bertz CT molecular complexity index is 301. The lowest BCUT2D eigenvalue weighted by atomic mass is 9.97. The molecule has 0 saturated heterocycles. The first-order valence-electron chi connectivity index (χ1n) is 5.22. The Morgan fingerprint density at radius 1 is 1.40 bits per heavy atom. The summed E-state index contributed by atoms with van der Waals surface area (Å²) in [6, 6.07) is 7.87. The Morgan fingerprint density at radius 3 is 2.67 bits per heavy atom. The van der Waals surface area contributed by atoms with Gasteiger partial charge >= 0.3 is 0 Å². The van der Waals surface area contributed by atoms with Gasteiger partial charge in [-0.3, -0.25) is 0 Å². The first-order valence-corrected chi connectivity index (χ1v) is 6.01. The summed E-state index contributed by atoms with van der Waals surface area (Å²) in [7, 11) is 0. The van der Waals surface area contributed by atoms with Gasteiger partial charge in [0, 0.05) is 10.4 Å². The molecule has 0 saturated carbocycles. The van der Waals surface area contributed by atoms with Gasteiger partial charge in [0.25, 0.3) is 0 Å². The SMILES string of the molecule is CC(C)C(CN)COc1cccc(Br)c1. The van der Waals surface area contributed by atoms with Gasteiger partial charge in [0.1, 0.15) is 5.75 Å². The molecule has 0 amide bonds. The van der Waals surface area contributed by atoms with E-state index in [1.54, 1.807) is 0 Å². The standard InChI is InChI=1S/C12H18BrNO/c1-9(2)10(7-14)8-15-12-5-3-4-11(13)6-12/h3-6,9-10H,7-8,14H2,1-2H3. The van der Waals surface area contributed by atoms with Crippen molar-refractivity contribution in [3.05, 3.63) is 28.7 Å². The number of benzene rings is 1. The fourth-order valence-corrected chi connectivity index (χ4v) is 1.67. The topological polar surface area (TPSA) is 35.2 Å². The van der Waals surface area contributed by atoms with Gasteiger partial charge in [-0.05, 0) is 30.7 Å². The van der Waals surface area contributed by atoms with E-state index in [0.717, 1.165) is 10.2 Å². The lowest BCUT2D eigenvalue weighted by molar-refractivity contribution is 0.214. The lowest BCUT2D eigenvalue weighted by Gasteiger charge is -2.19. The summed E-state index contributed by atoms with van der Waals surface area (Å²) in [5, 5.41) is 0. The van der Waals surface area contributed by atoms with Crippen LogP contribution < -0.4 is 10.5 Å². The predicted octanol–water partition coefficient (Wildman–Crippen LogP) is 3.06. The van der Waals surface area contributed by atoms with Crippen LogP contribution in [0.4, 0.5) is 0 Å². The normalized spacial score (nSPS) is 12.9. The van der Waals surface area contributed by atoms with Crippen LogP contribution in [0.2, 0.25) is 0 Å². The summed E-state index contributed by atoms with van der Waals surface area (Å²) in [5.41, 5.74) is 5.68. The van der Waals surface area contributed by atoms with Crippen molar-refractivity contribution in [3.63, 3.8) is 0 Å². The van der Waals surface area contributed by atoms with Gasteiger partial charge in [-0.1, -0.05) is 35.8 Å². The molecular formula is C12H18BrNO. The fourth-order valence-electron chi connectivity index (χ4n) is 1.29. The molecule has 2 N–H and O–H groups in total. The van der Waals surface area contributed by atoms with Crippen LogP contribution in [0.3, 0.4) is 0 Å². The Hall–Kier alpha value is -0.540. The number of hydrogen-bond donors (Lipinski definition) is 1. The van der Waals surface area contributed by atoms with Crippen LogP contribution in [0, 0.1) is 11.8 Å². The van der Waals surface area contributed by atoms with Gasteiger partial charge in [0.15, 0.2) is 0 Å². The van der Waals surface area contributed by atoms with Crippen LogP contribution >= 0.6 is 15.9 Å². The Labute approximate surface area is 99.9 Å². The smallest absolute Gasteiger partial charge is 0.120 e. The molecule has 0 spiro atoms. The van der Waals surface area contributed by atoms with Crippen molar-refractivity contribution in [1.29, 1.82) is 0 Å². The molecule has 1 aromatic carbocycles. The number of ether oxygens (including phenoxy) is 1.